The van der Waals surface area contributed by atoms with Gasteiger partial charge >= 0.3 is 5.97 Å². The zero-order chi connectivity index (χ0) is 104. The number of carboxylic acids is 1. The number of aliphatic carboxylic acids is 1. The van der Waals surface area contributed by atoms with E-state index in [1.165, 1.54) is 0 Å². The minimum absolute atomic E-state index is 0.845. The van der Waals surface area contributed by atoms with Gasteiger partial charge in [-0.3, -0.25) is 19.2 Å². The molecule has 56 atom stereocenters. The second kappa shape index (κ2) is 50.7. The number of nitrogens with one attached hydrogen (secondary N) is 4. The topological polar surface area (TPSA) is 1020 Å². The van der Waals surface area contributed by atoms with Gasteiger partial charge in [0.2, 0.25) is 23.6 Å². The molecule has 816 valence electrons. The van der Waals surface area contributed by atoms with Crippen LogP contribution >= 0.6 is 0 Å². The average Bonchev–Trinajstić information content (AvgIpc) is 0.757. The predicted molar refractivity (Wildman–Crippen MR) is 427 cm³/mol. The smallest absolute Gasteiger partial charge is 0.364 e. The number of aliphatic hydroxyl groups is 33. The van der Waals surface area contributed by atoms with Crippen LogP contribution in [0.5, 0.6) is 0 Å². The summed E-state index contributed by atoms with van der Waals surface area (Å²) in [5.74, 6) is -9.99. The lowest BCUT2D eigenvalue weighted by molar-refractivity contribution is -0.396. The molecule has 0 bridgehead atoms. The Morgan fingerprint density at radius 3 is 0.943 bits per heavy atom. The van der Waals surface area contributed by atoms with Crippen LogP contribution in [0.3, 0.4) is 0 Å². The lowest BCUT2D eigenvalue weighted by atomic mass is 9.88. The summed E-state index contributed by atoms with van der Waals surface area (Å²) in [6.45, 7) is -11.8. The third-order valence-corrected chi connectivity index (χ3v) is 25.7. The van der Waals surface area contributed by atoms with Crippen LogP contribution in [0, 0.1) is 0 Å². The number of hydrogen-bond acceptors (Lipinski definition) is 59. The number of carbonyl (C=O) groups is 5. The predicted octanol–water partition coefficient (Wildman–Crippen LogP) is -26.2. The standard InChI is InChI=1S/C77H128N4O60/c1-17(93)78-34-44(106)56(132-71-53(115)63(41(103)25(9-86)124-71)138-70-50(112)47(109)38(100)22(6-83)123-70)28(12-89)128-67(34)121-16-31-43(105)64(54(116)74(131-31)133-57-29(13-90)129-68(35(45(57)107)79-18(2)94)136-61-39(101)23(7-84)125-72(51(61)113)135-59-27(11-88)122-66(118)49(111)48(59)110)139-73-52(114)62(40(102)24(8-85)126-73)137-69-36(80-19(3)95)46(108)58(30(14-91)130-69)134-75-55(117)65(42(104)26(10-87)127-75)141-77(76(119)120)4-20(96)33(81-32(98)15-92)60(140-77)37(99)21(97)5-82/h20-31,33-75,82-92,96-97,99-118H,4-16H2,1-3H3,(H,78,93)(H,79,94)(H,80,95)(H,81,98)(H,119,120)/t20-,21+,22+,23+,24+,25+,26+,27+,28+,29+,30+,31+,33+,34+,35+,36+,37+,38-,39-,40-,41-,42-,43-,44+,45+,46+,47-,48+,49+,50+,51+,52+,53+,54+,55+,56+,57+,58+,59+,60+,61-,62-,63-,64-,65-,66+,67+,68-,69-,70+,71-,72-,73-,74-,75-,77-/m0/s1. The molecule has 11 aliphatic heterocycles. The number of aliphatic hydroxyl groups excluding tert-OH is 33. The van der Waals surface area contributed by atoms with Gasteiger partial charge in [-0.2, -0.15) is 0 Å². The first-order valence-electron chi connectivity index (χ1n) is 44.5. The molecule has 11 rings (SSSR count). The van der Waals surface area contributed by atoms with Crippen LogP contribution < -0.4 is 21.3 Å². The fourth-order valence-electron chi connectivity index (χ4n) is 18.2. The Morgan fingerprint density at radius 2 is 0.596 bits per heavy atom. The number of hydrogen-bond donors (Lipinski definition) is 38. The van der Waals surface area contributed by atoms with E-state index < -0.39 is 458 Å². The number of ether oxygens (including phenoxy) is 21. The van der Waals surface area contributed by atoms with E-state index in [1.54, 1.807) is 0 Å². The summed E-state index contributed by atoms with van der Waals surface area (Å²) >= 11 is 0. The molecule has 141 heavy (non-hydrogen) atoms. The molecule has 0 saturated carbocycles. The van der Waals surface area contributed by atoms with Gasteiger partial charge in [-0.05, 0) is 0 Å². The second-order valence-electron chi connectivity index (χ2n) is 35.2. The van der Waals surface area contributed by atoms with Crippen LogP contribution in [0.25, 0.3) is 0 Å². The van der Waals surface area contributed by atoms with E-state index in [9.17, 15) is 198 Å². The number of carbonyl (C=O) groups excluding carboxylic acids is 4. The monoisotopic (exact) mass is 2070 g/mol. The summed E-state index contributed by atoms with van der Waals surface area (Å²) in [5.41, 5.74) is 0. The largest absolute Gasteiger partial charge is 0.477 e. The molecule has 11 fully saturated rings. The van der Waals surface area contributed by atoms with Gasteiger partial charge in [0.1, 0.15) is 269 Å². The number of rotatable bonds is 39. The molecule has 4 amide bonds. The average molecular weight is 2070 g/mol. The molecule has 0 spiro atoms. The van der Waals surface area contributed by atoms with E-state index >= 15 is 0 Å². The van der Waals surface area contributed by atoms with Crippen molar-refractivity contribution in [3.8, 4) is 0 Å². The van der Waals surface area contributed by atoms with Gasteiger partial charge < -0.3 is 294 Å². The minimum atomic E-state index is -3.39. The van der Waals surface area contributed by atoms with Crippen molar-refractivity contribution in [3.05, 3.63) is 0 Å². The first-order chi connectivity index (χ1) is 66.7. The maximum Gasteiger partial charge on any atom is 0.364 e. The number of carboxylic acid groups (broad SMARTS) is 1. The summed E-state index contributed by atoms with van der Waals surface area (Å²) in [5, 5.41) is 387. The van der Waals surface area contributed by atoms with Crippen molar-refractivity contribution in [2.24, 2.45) is 0 Å². The Labute approximate surface area is 795 Å². The Bertz CT molecular complexity index is 3910. The Balaban J connectivity index is 0.878. The normalized spacial score (nSPS) is 48.4. The molecule has 11 heterocycles. The zero-order valence-corrected chi connectivity index (χ0v) is 74.8. The molecule has 0 radical (unpaired) electrons. The summed E-state index contributed by atoms with van der Waals surface area (Å²) in [7, 11) is 0. The molecule has 0 aromatic heterocycles. The molecule has 0 aliphatic carbocycles. The van der Waals surface area contributed by atoms with Crippen LogP contribution in [0.1, 0.15) is 27.2 Å². The van der Waals surface area contributed by atoms with E-state index in [2.05, 4.69) is 21.3 Å². The van der Waals surface area contributed by atoms with Gasteiger partial charge in [0.25, 0.3) is 5.79 Å². The summed E-state index contributed by atoms with van der Waals surface area (Å²) in [4.78, 5) is 65.3. The maximum absolute atomic E-state index is 13.3. The fraction of sp³-hybridized carbons (Fsp3) is 0.935. The van der Waals surface area contributed by atoms with E-state index in [-0.39, 0.29) is 0 Å². The van der Waals surface area contributed by atoms with Crippen molar-refractivity contribution < 1.29 is 297 Å². The molecule has 38 N–H and O–H groups in total. The highest BCUT2D eigenvalue weighted by Crippen LogP contribution is 2.44. The van der Waals surface area contributed by atoms with Crippen molar-refractivity contribution in [2.75, 3.05) is 79.3 Å². The van der Waals surface area contributed by atoms with E-state index in [4.69, 9.17) is 99.5 Å². The third-order valence-electron chi connectivity index (χ3n) is 25.7. The molecule has 64 heteroatoms. The van der Waals surface area contributed by atoms with Gasteiger partial charge in [-0.1, -0.05) is 0 Å². The summed E-state index contributed by atoms with van der Waals surface area (Å²) in [6.07, 6.45) is -114. The lowest BCUT2D eigenvalue weighted by Crippen LogP contribution is -2.71. The SMILES string of the molecule is CC(=O)N[C@H]1[C@H](OC[C@H]2O[C@@H](O[C@H]3[C@H](O)[C@@H](NC(C)=O)[C@H](O[C@H]4[C@@H](O)[C@@H](CO)O[C@@H](O[C@H]5[C@H](O)[C@@H](O)[C@H](O)O[C@@H]5CO)[C@@H]4O)O[C@@H]3CO)[C@H](O)[C@@H](O[C@@H]3O[C@H](CO)[C@H](O)[C@H](O[C@@H]4O[C@H](CO)[C@@H](O[C@@H]5O[C@H](CO)[C@H](O)[C@H](O[C@]6(C(=O)O)C[C@H](O)[C@@H](NC(=O)CO)[C@H]([C@H](O)[C@H](O)CO)O6)[C@H]5O)[C@H](O)[C@H]4NC(C)=O)[C@H]3O)[C@H]2O)O[C@H](CO)[C@@H](O[C@@H]2O[C@H](CO)[C@H](O)[C@H](O[C@H]3O[C@H](CO)[C@H](O)[C@H](O)[C@H]3O)[C@H]2O)[C@@H]1O. The van der Waals surface area contributed by atoms with Crippen LogP contribution in [-0.2, 0) is 123 Å². The van der Waals surface area contributed by atoms with E-state index in [0.717, 1.165) is 20.8 Å². The summed E-state index contributed by atoms with van der Waals surface area (Å²) < 4.78 is 123. The Kier molecular flexibility index (Phi) is 41.9. The molecule has 11 saturated heterocycles. The van der Waals surface area contributed by atoms with Gasteiger partial charge in [0.15, 0.2) is 62.9 Å². The van der Waals surface area contributed by atoms with E-state index in [0.29, 0.717) is 0 Å². The van der Waals surface area contributed by atoms with Crippen molar-refractivity contribution in [1.82, 2.24) is 21.3 Å². The van der Waals surface area contributed by atoms with Crippen LogP contribution in [0.2, 0.25) is 0 Å². The van der Waals surface area contributed by atoms with Gasteiger partial charge in [-0.15, -0.1) is 0 Å². The molecule has 0 unspecified atom stereocenters. The minimum Gasteiger partial charge on any atom is -0.477 e. The van der Waals surface area contributed by atoms with Crippen molar-refractivity contribution >= 4 is 29.6 Å². The summed E-state index contributed by atoms with van der Waals surface area (Å²) in [6, 6.07) is -8.14. The van der Waals surface area contributed by atoms with Gasteiger partial charge in [-0.25, -0.2) is 4.79 Å². The molecule has 11 aliphatic rings. The highest BCUT2D eigenvalue weighted by molar-refractivity contribution is 5.78. The molecule has 64 nitrogen and oxygen atoms in total. The van der Waals surface area contributed by atoms with Crippen molar-refractivity contribution in [3.63, 3.8) is 0 Å². The second-order valence-corrected chi connectivity index (χ2v) is 35.2. The first-order valence-corrected chi connectivity index (χ1v) is 44.5. The number of amides is 4. The molecule has 0 aromatic carbocycles. The molecule has 0 aromatic rings. The fourth-order valence-corrected chi connectivity index (χ4v) is 18.2. The van der Waals surface area contributed by atoms with Crippen LogP contribution in [-0.4, -0.2) is 626 Å². The quantitative estimate of drug-likeness (QED) is 0.0272. The Morgan fingerprint density at radius 1 is 0.305 bits per heavy atom. The first kappa shape index (κ1) is 116. The zero-order valence-electron chi connectivity index (χ0n) is 74.8. The highest BCUT2D eigenvalue weighted by atomic mass is 16.8. The van der Waals surface area contributed by atoms with Crippen LogP contribution in [0.15, 0.2) is 0 Å². The maximum atomic E-state index is 13.3. The van der Waals surface area contributed by atoms with Crippen LogP contribution in [0.4, 0.5) is 0 Å². The van der Waals surface area contributed by atoms with Gasteiger partial charge in [0, 0.05) is 27.2 Å². The molecular weight excluding hydrogens is 1940 g/mol. The van der Waals surface area contributed by atoms with E-state index in [1.807, 2.05) is 0 Å². The lowest BCUT2D eigenvalue weighted by Gasteiger charge is -2.51. The van der Waals surface area contributed by atoms with Gasteiger partial charge in [0.05, 0.1) is 84.8 Å². The van der Waals surface area contributed by atoms with Crippen molar-refractivity contribution in [2.45, 2.75) is 370 Å². The Hall–Kier alpha value is -4.81. The molecular formula is C77H128N4O60. The van der Waals surface area contributed by atoms with Crippen molar-refractivity contribution in [1.29, 1.82) is 0 Å². The third kappa shape index (κ3) is 25.4. The highest BCUT2D eigenvalue weighted by Gasteiger charge is 2.65.